The van der Waals surface area contributed by atoms with E-state index >= 15 is 0 Å². The number of aliphatic hydroxyl groups is 3. The van der Waals surface area contributed by atoms with Crippen LogP contribution >= 0.6 is 0 Å². The van der Waals surface area contributed by atoms with Crippen molar-refractivity contribution in [1.29, 1.82) is 0 Å². The number of nitro benzene ring substituents is 1. The highest BCUT2D eigenvalue weighted by molar-refractivity contribution is 5.87. The summed E-state index contributed by atoms with van der Waals surface area (Å²) in [6.07, 6.45) is -3.08. The Hall–Kier alpha value is -2.07. The lowest BCUT2D eigenvalue weighted by Crippen LogP contribution is -2.33. The summed E-state index contributed by atoms with van der Waals surface area (Å²) < 4.78 is 6.56. The molecule has 3 rings (SSSR count). The number of rotatable bonds is 3. The first-order chi connectivity index (χ1) is 10.0. The van der Waals surface area contributed by atoms with Crippen LogP contribution in [0.25, 0.3) is 10.9 Å². The highest BCUT2D eigenvalue weighted by atomic mass is 16.6. The maximum Gasteiger partial charge on any atom is 0.280 e. The van der Waals surface area contributed by atoms with E-state index in [-0.39, 0.29) is 5.69 Å². The second-order valence-electron chi connectivity index (χ2n) is 4.81. The normalized spacial score (nSPS) is 29.1. The molecule has 1 aliphatic rings. The van der Waals surface area contributed by atoms with Crippen LogP contribution in [-0.4, -0.2) is 54.9 Å². The predicted octanol–water partition coefficient (Wildman–Crippen LogP) is -0.444. The maximum atomic E-state index is 11.0. The summed E-state index contributed by atoms with van der Waals surface area (Å²) in [6.45, 7) is -0.449. The molecule has 9 heteroatoms. The second-order valence-corrected chi connectivity index (χ2v) is 4.81. The molecular formula is C12H13N3O6. The molecule has 1 aliphatic heterocycles. The van der Waals surface area contributed by atoms with Crippen molar-refractivity contribution in [2.45, 2.75) is 24.5 Å². The van der Waals surface area contributed by atoms with Gasteiger partial charge >= 0.3 is 0 Å². The minimum atomic E-state index is -1.28. The summed E-state index contributed by atoms with van der Waals surface area (Å²) in [6, 6.07) is 4.46. The Labute approximate surface area is 118 Å². The summed E-state index contributed by atoms with van der Waals surface area (Å²) in [5.41, 5.74) is 0.271. The Balaban J connectivity index is 2.02. The van der Waals surface area contributed by atoms with Crippen molar-refractivity contribution in [3.63, 3.8) is 0 Å². The van der Waals surface area contributed by atoms with Gasteiger partial charge in [-0.1, -0.05) is 6.07 Å². The number of non-ortho nitro benzene ring substituents is 1. The Morgan fingerprint density at radius 1 is 1.38 bits per heavy atom. The molecule has 0 spiro atoms. The van der Waals surface area contributed by atoms with Crippen molar-refractivity contribution in [3.05, 3.63) is 34.5 Å². The predicted molar refractivity (Wildman–Crippen MR) is 69.4 cm³/mol. The lowest BCUT2D eigenvalue weighted by molar-refractivity contribution is -0.383. The van der Waals surface area contributed by atoms with Gasteiger partial charge in [-0.25, -0.2) is 4.68 Å². The first kappa shape index (κ1) is 13.9. The first-order valence-electron chi connectivity index (χ1n) is 6.27. The van der Waals surface area contributed by atoms with E-state index in [2.05, 4.69) is 5.10 Å². The van der Waals surface area contributed by atoms with Gasteiger partial charge in [0.1, 0.15) is 18.3 Å². The van der Waals surface area contributed by atoms with Gasteiger partial charge in [0.15, 0.2) is 6.23 Å². The number of hydrogen-bond acceptors (Lipinski definition) is 7. The van der Waals surface area contributed by atoms with E-state index in [9.17, 15) is 20.3 Å². The zero-order chi connectivity index (χ0) is 15.1. The minimum absolute atomic E-state index is 0.106. The Morgan fingerprint density at radius 2 is 2.14 bits per heavy atom. The molecule has 1 aromatic carbocycles. The van der Waals surface area contributed by atoms with Crippen LogP contribution in [0.15, 0.2) is 24.4 Å². The molecular weight excluding hydrogens is 282 g/mol. The number of ether oxygens (including phenoxy) is 1. The molecule has 1 saturated heterocycles. The molecule has 0 radical (unpaired) electrons. The molecule has 0 amide bonds. The van der Waals surface area contributed by atoms with Crippen molar-refractivity contribution in [2.75, 3.05) is 6.61 Å². The van der Waals surface area contributed by atoms with Crippen LogP contribution < -0.4 is 0 Å². The van der Waals surface area contributed by atoms with Crippen LogP contribution in [0, 0.1) is 10.1 Å². The van der Waals surface area contributed by atoms with E-state index < -0.39 is 36.1 Å². The smallest absolute Gasteiger partial charge is 0.280 e. The second kappa shape index (κ2) is 5.04. The van der Waals surface area contributed by atoms with E-state index in [1.807, 2.05) is 0 Å². The molecule has 2 heterocycles. The summed E-state index contributed by atoms with van der Waals surface area (Å²) in [4.78, 5) is 10.5. The van der Waals surface area contributed by atoms with Gasteiger partial charge in [-0.2, -0.15) is 5.10 Å². The van der Waals surface area contributed by atoms with Gasteiger partial charge in [0.25, 0.3) is 5.69 Å². The minimum Gasteiger partial charge on any atom is -0.394 e. The lowest BCUT2D eigenvalue weighted by Gasteiger charge is -2.14. The van der Waals surface area contributed by atoms with Gasteiger partial charge in [-0.3, -0.25) is 10.1 Å². The highest BCUT2D eigenvalue weighted by Crippen LogP contribution is 2.32. The largest absolute Gasteiger partial charge is 0.394 e. The quantitative estimate of drug-likeness (QED) is 0.516. The Morgan fingerprint density at radius 3 is 2.76 bits per heavy atom. The molecule has 0 bridgehead atoms. The topological polar surface area (TPSA) is 131 Å². The Kier molecular flexibility index (Phi) is 3.33. The summed E-state index contributed by atoms with van der Waals surface area (Å²) in [7, 11) is 0. The van der Waals surface area contributed by atoms with Gasteiger partial charge in [-0.15, -0.1) is 0 Å². The van der Waals surface area contributed by atoms with E-state index in [1.165, 1.54) is 23.0 Å². The van der Waals surface area contributed by atoms with Crippen LogP contribution in [0.4, 0.5) is 5.69 Å². The fraction of sp³-hybridized carbons (Fsp3) is 0.417. The van der Waals surface area contributed by atoms with Crippen molar-refractivity contribution >= 4 is 16.6 Å². The van der Waals surface area contributed by atoms with Gasteiger partial charge in [0.2, 0.25) is 0 Å². The van der Waals surface area contributed by atoms with Crippen LogP contribution in [-0.2, 0) is 4.74 Å². The van der Waals surface area contributed by atoms with E-state index in [1.54, 1.807) is 6.07 Å². The number of fused-ring (bicyclic) bond motifs is 1. The average Bonchev–Trinajstić information content (AvgIpc) is 3.01. The molecule has 21 heavy (non-hydrogen) atoms. The third-order valence-electron chi connectivity index (χ3n) is 3.52. The molecule has 9 nitrogen and oxygen atoms in total. The first-order valence-corrected chi connectivity index (χ1v) is 6.27. The molecule has 4 unspecified atom stereocenters. The molecule has 112 valence electrons. The zero-order valence-electron chi connectivity index (χ0n) is 10.7. The monoisotopic (exact) mass is 295 g/mol. The molecule has 4 atom stereocenters. The van der Waals surface area contributed by atoms with E-state index in [0.29, 0.717) is 10.9 Å². The standard InChI is InChI=1S/C12H13N3O6/c16-5-9-10(17)11(18)12(21-9)14-4-6-7(13-14)2-1-3-8(6)15(19)20/h1-4,9-12,16-18H,5H2. The summed E-state index contributed by atoms with van der Waals surface area (Å²) in [5, 5.41) is 44.1. The molecule has 0 aliphatic carbocycles. The highest BCUT2D eigenvalue weighted by Gasteiger charge is 2.43. The molecule has 3 N–H and O–H groups in total. The van der Waals surface area contributed by atoms with Gasteiger partial charge in [-0.05, 0) is 6.07 Å². The third kappa shape index (κ3) is 2.16. The third-order valence-corrected chi connectivity index (χ3v) is 3.52. The molecule has 1 aromatic heterocycles. The Bertz CT molecular complexity index is 687. The zero-order valence-corrected chi connectivity index (χ0v) is 10.7. The van der Waals surface area contributed by atoms with E-state index in [4.69, 9.17) is 9.84 Å². The summed E-state index contributed by atoms with van der Waals surface area (Å²) >= 11 is 0. The van der Waals surface area contributed by atoms with Crippen molar-refractivity contribution in [1.82, 2.24) is 9.78 Å². The fourth-order valence-corrected chi connectivity index (χ4v) is 2.43. The number of aliphatic hydroxyl groups excluding tert-OH is 3. The maximum absolute atomic E-state index is 11.0. The van der Waals surface area contributed by atoms with Crippen molar-refractivity contribution < 1.29 is 25.0 Å². The van der Waals surface area contributed by atoms with Crippen LogP contribution in [0.3, 0.4) is 0 Å². The average molecular weight is 295 g/mol. The number of hydrogen-bond donors (Lipinski definition) is 3. The van der Waals surface area contributed by atoms with E-state index in [0.717, 1.165) is 0 Å². The summed E-state index contributed by atoms with van der Waals surface area (Å²) in [5.74, 6) is 0. The number of aromatic nitrogens is 2. The van der Waals surface area contributed by atoms with Crippen LogP contribution in [0.2, 0.25) is 0 Å². The SMILES string of the molecule is O=[N+]([O-])c1cccc2nn(C3OC(CO)C(O)C3O)cc12. The molecule has 1 fully saturated rings. The van der Waals surface area contributed by atoms with Crippen molar-refractivity contribution in [2.24, 2.45) is 0 Å². The van der Waals surface area contributed by atoms with Gasteiger partial charge in [0, 0.05) is 12.3 Å². The lowest BCUT2D eigenvalue weighted by atomic mass is 10.1. The fourth-order valence-electron chi connectivity index (χ4n) is 2.43. The number of benzene rings is 1. The van der Waals surface area contributed by atoms with Gasteiger partial charge in [0.05, 0.1) is 22.4 Å². The van der Waals surface area contributed by atoms with Gasteiger partial charge < -0.3 is 20.1 Å². The molecule has 2 aromatic rings. The van der Waals surface area contributed by atoms with Crippen LogP contribution in [0.1, 0.15) is 6.23 Å². The van der Waals surface area contributed by atoms with Crippen LogP contribution in [0.5, 0.6) is 0 Å². The molecule has 0 saturated carbocycles. The number of nitrogens with zero attached hydrogens (tertiary/aromatic N) is 3. The van der Waals surface area contributed by atoms with Crippen molar-refractivity contribution in [3.8, 4) is 0 Å². The number of nitro groups is 1.